The fourth-order valence-corrected chi connectivity index (χ4v) is 1.58. The number of rotatable bonds is 7. The summed E-state index contributed by atoms with van der Waals surface area (Å²) >= 11 is 0. The van der Waals surface area contributed by atoms with Gasteiger partial charge in [-0.2, -0.15) is 0 Å². The minimum atomic E-state index is -1.18. The summed E-state index contributed by atoms with van der Waals surface area (Å²) < 4.78 is 5.13. The highest BCUT2D eigenvalue weighted by Gasteiger charge is 2.17. The third-order valence-electron chi connectivity index (χ3n) is 2.59. The van der Waals surface area contributed by atoms with Crippen LogP contribution in [0.25, 0.3) is 6.08 Å². The number of carboxylic acid groups (broad SMARTS) is 1. The van der Waals surface area contributed by atoms with Gasteiger partial charge in [0.2, 0.25) is 5.91 Å². The number of hydrogen-bond donors (Lipinski definition) is 3. The number of hydrogen-bond acceptors (Lipinski definition) is 4. The van der Waals surface area contributed by atoms with Crippen molar-refractivity contribution < 1.29 is 24.5 Å². The van der Waals surface area contributed by atoms with Crippen molar-refractivity contribution in [2.24, 2.45) is 0 Å². The summed E-state index contributed by atoms with van der Waals surface area (Å²) in [7, 11) is 1.52. The van der Waals surface area contributed by atoms with E-state index in [2.05, 4.69) is 5.32 Å². The lowest BCUT2D eigenvalue weighted by Crippen LogP contribution is -2.40. The number of aliphatic carboxylic acids is 1. The van der Waals surface area contributed by atoms with E-state index < -0.39 is 17.9 Å². The first-order valence-corrected chi connectivity index (χ1v) is 6.03. The van der Waals surface area contributed by atoms with Crippen LogP contribution in [-0.2, 0) is 9.59 Å². The van der Waals surface area contributed by atoms with Crippen LogP contribution >= 0.6 is 0 Å². The Balaban J connectivity index is 2.69. The first-order chi connectivity index (χ1) is 9.58. The van der Waals surface area contributed by atoms with Crippen molar-refractivity contribution in [3.8, 4) is 5.75 Å². The Kier molecular flexibility index (Phi) is 6.25. The molecule has 1 rings (SSSR count). The molecule has 0 aliphatic carbocycles. The Morgan fingerprint density at radius 3 is 2.70 bits per heavy atom. The molecule has 6 nitrogen and oxygen atoms in total. The molecule has 0 aliphatic rings. The molecule has 0 spiro atoms. The van der Waals surface area contributed by atoms with Crippen LogP contribution in [0.4, 0.5) is 0 Å². The molecule has 20 heavy (non-hydrogen) atoms. The van der Waals surface area contributed by atoms with Crippen LogP contribution in [0.15, 0.2) is 30.3 Å². The summed E-state index contributed by atoms with van der Waals surface area (Å²) in [4.78, 5) is 22.5. The Bertz CT molecular complexity index is 498. The van der Waals surface area contributed by atoms with Gasteiger partial charge < -0.3 is 20.3 Å². The second-order valence-electron chi connectivity index (χ2n) is 3.99. The molecule has 0 radical (unpaired) electrons. The van der Waals surface area contributed by atoms with E-state index in [1.165, 1.54) is 19.3 Å². The molecule has 1 atom stereocenters. The van der Waals surface area contributed by atoms with Crippen molar-refractivity contribution in [1.29, 1.82) is 0 Å². The van der Waals surface area contributed by atoms with E-state index in [9.17, 15) is 9.59 Å². The summed E-state index contributed by atoms with van der Waals surface area (Å²) in [6.07, 6.45) is 2.72. The van der Waals surface area contributed by atoms with Crippen molar-refractivity contribution in [2.75, 3.05) is 13.7 Å². The van der Waals surface area contributed by atoms with Crippen LogP contribution in [0.2, 0.25) is 0 Å². The number of para-hydroxylation sites is 1. The molecular weight excluding hydrogens is 262 g/mol. The zero-order chi connectivity index (χ0) is 15.0. The quantitative estimate of drug-likeness (QED) is 0.637. The van der Waals surface area contributed by atoms with Crippen molar-refractivity contribution in [2.45, 2.75) is 12.5 Å². The molecule has 0 aromatic heterocycles. The van der Waals surface area contributed by atoms with E-state index >= 15 is 0 Å². The number of carbonyl (C=O) groups is 2. The maximum absolute atomic E-state index is 11.6. The molecule has 0 fully saturated rings. The third-order valence-corrected chi connectivity index (χ3v) is 2.59. The van der Waals surface area contributed by atoms with Gasteiger partial charge in [-0.05, 0) is 12.1 Å². The fraction of sp³-hybridized carbons (Fsp3) is 0.286. The lowest BCUT2D eigenvalue weighted by Gasteiger charge is -2.11. The summed E-state index contributed by atoms with van der Waals surface area (Å²) in [6.45, 7) is -0.312. The molecule has 1 aromatic rings. The number of ether oxygens (including phenoxy) is 1. The van der Waals surface area contributed by atoms with Gasteiger partial charge >= 0.3 is 5.97 Å². The predicted molar refractivity (Wildman–Crippen MR) is 73.3 cm³/mol. The van der Waals surface area contributed by atoms with Gasteiger partial charge in [0, 0.05) is 24.7 Å². The largest absolute Gasteiger partial charge is 0.496 e. The average molecular weight is 279 g/mol. The summed E-state index contributed by atoms with van der Waals surface area (Å²) in [6, 6.07) is 6.02. The van der Waals surface area contributed by atoms with E-state index in [4.69, 9.17) is 14.9 Å². The van der Waals surface area contributed by atoms with Gasteiger partial charge in [-0.15, -0.1) is 0 Å². The van der Waals surface area contributed by atoms with Crippen LogP contribution < -0.4 is 10.1 Å². The molecule has 0 saturated heterocycles. The molecule has 0 unspecified atom stereocenters. The number of carbonyl (C=O) groups excluding carboxylic acids is 1. The molecule has 1 aromatic carbocycles. The number of carboxylic acids is 1. The van der Waals surface area contributed by atoms with E-state index in [1.54, 1.807) is 24.3 Å². The fourth-order valence-electron chi connectivity index (χ4n) is 1.58. The number of benzene rings is 1. The van der Waals surface area contributed by atoms with Crippen LogP contribution in [-0.4, -0.2) is 41.8 Å². The standard InChI is InChI=1S/C14H17NO5/c1-20-12-5-3-2-4-10(12)6-7-13(17)15-11(8-9-16)14(18)19/h2-7,11,16H,8-9H2,1H3,(H,15,17)(H,18,19)/b7-6+/t11-/m0/s1. The summed E-state index contributed by atoms with van der Waals surface area (Å²) in [5, 5.41) is 19.9. The van der Waals surface area contributed by atoms with Crippen LogP contribution in [0.1, 0.15) is 12.0 Å². The normalized spacial score (nSPS) is 12.1. The van der Waals surface area contributed by atoms with Crippen LogP contribution in [0.5, 0.6) is 5.75 Å². The maximum atomic E-state index is 11.6. The van der Waals surface area contributed by atoms with Crippen molar-refractivity contribution >= 4 is 18.0 Å². The Labute approximate surface area is 116 Å². The van der Waals surface area contributed by atoms with Crippen LogP contribution in [0.3, 0.4) is 0 Å². The van der Waals surface area contributed by atoms with Gasteiger partial charge in [0.15, 0.2) is 0 Å². The Hall–Kier alpha value is -2.34. The second kappa shape index (κ2) is 7.96. The maximum Gasteiger partial charge on any atom is 0.326 e. The Morgan fingerprint density at radius 1 is 1.40 bits per heavy atom. The molecule has 6 heteroatoms. The smallest absolute Gasteiger partial charge is 0.326 e. The lowest BCUT2D eigenvalue weighted by atomic mass is 10.2. The number of methoxy groups -OCH3 is 1. The van der Waals surface area contributed by atoms with Gasteiger partial charge in [0.05, 0.1) is 7.11 Å². The monoisotopic (exact) mass is 279 g/mol. The Morgan fingerprint density at radius 2 is 2.10 bits per heavy atom. The first-order valence-electron chi connectivity index (χ1n) is 6.03. The minimum absolute atomic E-state index is 0.0381. The highest BCUT2D eigenvalue weighted by atomic mass is 16.5. The number of nitrogens with one attached hydrogen (secondary N) is 1. The van der Waals surface area contributed by atoms with E-state index in [0.29, 0.717) is 11.3 Å². The molecule has 108 valence electrons. The van der Waals surface area contributed by atoms with Crippen LogP contribution in [0, 0.1) is 0 Å². The zero-order valence-corrected chi connectivity index (χ0v) is 11.1. The SMILES string of the molecule is COc1ccccc1/C=C/C(=O)N[C@@H](CCO)C(=O)O. The summed E-state index contributed by atoms with van der Waals surface area (Å²) in [5.41, 5.74) is 0.708. The molecule has 3 N–H and O–H groups in total. The van der Waals surface area contributed by atoms with E-state index in [1.807, 2.05) is 0 Å². The number of aliphatic hydroxyl groups is 1. The minimum Gasteiger partial charge on any atom is -0.496 e. The molecule has 0 aliphatic heterocycles. The van der Waals surface area contributed by atoms with Gasteiger partial charge in [0.25, 0.3) is 0 Å². The van der Waals surface area contributed by atoms with Gasteiger partial charge in [-0.25, -0.2) is 4.79 Å². The van der Waals surface area contributed by atoms with Crippen molar-refractivity contribution in [3.63, 3.8) is 0 Å². The van der Waals surface area contributed by atoms with Crippen molar-refractivity contribution in [3.05, 3.63) is 35.9 Å². The highest BCUT2D eigenvalue weighted by Crippen LogP contribution is 2.18. The van der Waals surface area contributed by atoms with E-state index in [-0.39, 0.29) is 13.0 Å². The molecular formula is C14H17NO5. The van der Waals surface area contributed by atoms with Gasteiger partial charge in [0.1, 0.15) is 11.8 Å². The molecule has 0 heterocycles. The van der Waals surface area contributed by atoms with Gasteiger partial charge in [-0.1, -0.05) is 18.2 Å². The molecule has 0 bridgehead atoms. The number of aliphatic hydroxyl groups excluding tert-OH is 1. The van der Waals surface area contributed by atoms with Gasteiger partial charge in [-0.3, -0.25) is 4.79 Å². The topological polar surface area (TPSA) is 95.9 Å². The summed E-state index contributed by atoms with van der Waals surface area (Å²) in [5.74, 6) is -1.11. The highest BCUT2D eigenvalue weighted by molar-refractivity contribution is 5.94. The van der Waals surface area contributed by atoms with Crippen molar-refractivity contribution in [1.82, 2.24) is 5.32 Å². The first kappa shape index (κ1) is 15.7. The second-order valence-corrected chi connectivity index (χ2v) is 3.99. The number of amides is 1. The zero-order valence-electron chi connectivity index (χ0n) is 11.1. The molecule has 1 amide bonds. The molecule has 0 saturated carbocycles. The lowest BCUT2D eigenvalue weighted by molar-refractivity contribution is -0.141. The third kappa shape index (κ3) is 4.74. The predicted octanol–water partition coefficient (Wildman–Crippen LogP) is 0.660. The van der Waals surface area contributed by atoms with E-state index in [0.717, 1.165) is 0 Å². The average Bonchev–Trinajstić information content (AvgIpc) is 2.44.